The number of carbonyl (C=O) groups excluding carboxylic acids is 1. The number of benzene rings is 1. The molecule has 3 rings (SSSR count). The molecule has 0 unspecified atom stereocenters. The predicted molar refractivity (Wildman–Crippen MR) is 119 cm³/mol. The van der Waals surface area contributed by atoms with Crippen molar-refractivity contribution in [2.75, 3.05) is 11.1 Å². The zero-order valence-corrected chi connectivity index (χ0v) is 18.3. The van der Waals surface area contributed by atoms with E-state index in [1.807, 2.05) is 36.6 Å². The third-order valence-corrected chi connectivity index (χ3v) is 6.18. The summed E-state index contributed by atoms with van der Waals surface area (Å²) in [5.74, 6) is 1.40. The first-order chi connectivity index (χ1) is 14.5. The predicted octanol–water partition coefficient (Wildman–Crippen LogP) is 4.32. The number of ether oxygens (including phenoxy) is 1. The summed E-state index contributed by atoms with van der Waals surface area (Å²) < 4.78 is 7.83. The number of thioether (sulfide) groups is 1. The minimum Gasteiger partial charge on any atom is -0.485 e. The van der Waals surface area contributed by atoms with Crippen LogP contribution >= 0.6 is 23.1 Å². The molecule has 7 nitrogen and oxygen atoms in total. The molecule has 0 saturated carbocycles. The van der Waals surface area contributed by atoms with Gasteiger partial charge in [-0.2, -0.15) is 5.26 Å². The molecule has 3 aromatic rings. The van der Waals surface area contributed by atoms with E-state index in [0.717, 1.165) is 16.9 Å². The van der Waals surface area contributed by atoms with Crippen molar-refractivity contribution in [3.8, 4) is 11.8 Å². The van der Waals surface area contributed by atoms with E-state index < -0.39 is 0 Å². The van der Waals surface area contributed by atoms with Crippen molar-refractivity contribution in [2.24, 2.45) is 0 Å². The van der Waals surface area contributed by atoms with Crippen LogP contribution in [0.1, 0.15) is 22.5 Å². The number of carbonyl (C=O) groups is 1. The molecule has 9 heteroatoms. The van der Waals surface area contributed by atoms with Gasteiger partial charge in [-0.1, -0.05) is 30.0 Å². The van der Waals surface area contributed by atoms with Gasteiger partial charge in [-0.25, -0.2) is 0 Å². The Hall–Kier alpha value is -3.09. The van der Waals surface area contributed by atoms with Gasteiger partial charge in [0.1, 0.15) is 23.4 Å². The number of nitrogens with one attached hydrogen (secondary N) is 1. The molecule has 0 fully saturated rings. The average Bonchev–Trinajstić information content (AvgIpc) is 3.34. The zero-order valence-electron chi connectivity index (χ0n) is 16.7. The normalized spacial score (nSPS) is 10.4. The van der Waals surface area contributed by atoms with E-state index in [0.29, 0.717) is 28.1 Å². The number of hydrogen-bond acceptors (Lipinski definition) is 7. The Morgan fingerprint density at radius 3 is 3.00 bits per heavy atom. The Kier molecular flexibility index (Phi) is 7.27. The molecule has 0 radical (unpaired) electrons. The number of thiophene rings is 1. The maximum Gasteiger partial charge on any atom is 0.235 e. The Bertz CT molecular complexity index is 1100. The molecule has 0 spiro atoms. The molecule has 1 N–H and O–H groups in total. The number of allylic oxidation sites excluding steroid dienone is 1. The lowest BCUT2D eigenvalue weighted by molar-refractivity contribution is -0.113. The number of anilines is 1. The lowest BCUT2D eigenvalue weighted by Crippen LogP contribution is -2.15. The van der Waals surface area contributed by atoms with Gasteiger partial charge >= 0.3 is 0 Å². The van der Waals surface area contributed by atoms with Crippen LogP contribution in [-0.2, 0) is 17.9 Å². The number of rotatable bonds is 9. The van der Waals surface area contributed by atoms with Crippen LogP contribution in [0.15, 0.2) is 47.5 Å². The van der Waals surface area contributed by atoms with Crippen LogP contribution < -0.4 is 10.1 Å². The van der Waals surface area contributed by atoms with Crippen LogP contribution in [-0.4, -0.2) is 26.4 Å². The summed E-state index contributed by atoms with van der Waals surface area (Å²) in [4.78, 5) is 12.3. The summed E-state index contributed by atoms with van der Waals surface area (Å²) in [6.07, 6.45) is 1.75. The first-order valence-electron chi connectivity index (χ1n) is 9.15. The smallest absolute Gasteiger partial charge is 0.235 e. The van der Waals surface area contributed by atoms with E-state index >= 15 is 0 Å². The maximum absolute atomic E-state index is 12.3. The minimum absolute atomic E-state index is 0.149. The molecular weight excluding hydrogens is 418 g/mol. The van der Waals surface area contributed by atoms with Gasteiger partial charge in [0.15, 0.2) is 11.0 Å². The molecule has 2 aromatic heterocycles. The lowest BCUT2D eigenvalue weighted by atomic mass is 10.1. The summed E-state index contributed by atoms with van der Waals surface area (Å²) in [7, 11) is 0. The number of aromatic nitrogens is 3. The monoisotopic (exact) mass is 439 g/mol. The third kappa shape index (κ3) is 5.09. The largest absolute Gasteiger partial charge is 0.485 e. The Morgan fingerprint density at radius 2 is 2.23 bits per heavy atom. The molecule has 0 aliphatic carbocycles. The summed E-state index contributed by atoms with van der Waals surface area (Å²) in [5.41, 5.74) is 2.70. The highest BCUT2D eigenvalue weighted by atomic mass is 32.2. The highest BCUT2D eigenvalue weighted by Gasteiger charge is 2.15. The first-order valence-corrected chi connectivity index (χ1v) is 11.0. The van der Waals surface area contributed by atoms with E-state index in [9.17, 15) is 4.79 Å². The van der Waals surface area contributed by atoms with E-state index in [-0.39, 0.29) is 18.3 Å². The molecule has 1 aromatic carbocycles. The van der Waals surface area contributed by atoms with Gasteiger partial charge in [-0.3, -0.25) is 9.36 Å². The fourth-order valence-corrected chi connectivity index (χ4v) is 4.18. The highest BCUT2D eigenvalue weighted by molar-refractivity contribution is 7.99. The SMILES string of the molecule is C=CCn1c(COc2cccc(C)c2C)nnc1SCC(=O)Nc1sccc1C#N. The molecule has 0 aliphatic heterocycles. The fourth-order valence-electron chi connectivity index (χ4n) is 2.65. The number of nitrogens with zero attached hydrogens (tertiary/aromatic N) is 4. The fraction of sp³-hybridized carbons (Fsp3) is 0.238. The van der Waals surface area contributed by atoms with Crippen LogP contribution in [0.5, 0.6) is 5.75 Å². The lowest BCUT2D eigenvalue weighted by Gasteiger charge is -2.12. The quantitative estimate of drug-likeness (QED) is 0.394. The van der Waals surface area contributed by atoms with Crippen molar-refractivity contribution in [3.63, 3.8) is 0 Å². The second-order valence-electron chi connectivity index (χ2n) is 6.40. The molecule has 2 heterocycles. The van der Waals surface area contributed by atoms with Gasteiger partial charge in [0.05, 0.1) is 11.3 Å². The Morgan fingerprint density at radius 1 is 1.40 bits per heavy atom. The number of hydrogen-bond donors (Lipinski definition) is 1. The van der Waals surface area contributed by atoms with Crippen LogP contribution in [0.3, 0.4) is 0 Å². The van der Waals surface area contributed by atoms with Gasteiger partial charge in [0, 0.05) is 6.54 Å². The van der Waals surface area contributed by atoms with Crippen LogP contribution in [0.4, 0.5) is 5.00 Å². The van der Waals surface area contributed by atoms with Crippen molar-refractivity contribution >= 4 is 34.0 Å². The molecule has 0 atom stereocenters. The number of amides is 1. The van der Waals surface area contributed by atoms with Gasteiger partial charge in [0.25, 0.3) is 0 Å². The van der Waals surface area contributed by atoms with Crippen molar-refractivity contribution < 1.29 is 9.53 Å². The summed E-state index contributed by atoms with van der Waals surface area (Å²) >= 11 is 2.59. The Labute approximate surface area is 183 Å². The third-order valence-electron chi connectivity index (χ3n) is 4.39. The zero-order chi connectivity index (χ0) is 21.5. The summed E-state index contributed by atoms with van der Waals surface area (Å²) in [5, 5.41) is 23.2. The van der Waals surface area contributed by atoms with E-state index in [1.165, 1.54) is 23.1 Å². The molecule has 0 bridgehead atoms. The molecule has 0 aliphatic rings. The second kappa shape index (κ2) is 10.1. The second-order valence-corrected chi connectivity index (χ2v) is 8.26. The van der Waals surface area contributed by atoms with E-state index in [1.54, 1.807) is 17.5 Å². The van der Waals surface area contributed by atoms with Crippen molar-refractivity contribution in [1.82, 2.24) is 14.8 Å². The topological polar surface area (TPSA) is 92.8 Å². The molecule has 30 heavy (non-hydrogen) atoms. The van der Waals surface area contributed by atoms with Gasteiger partial charge in [-0.05, 0) is 42.5 Å². The van der Waals surface area contributed by atoms with Crippen molar-refractivity contribution in [3.05, 3.63) is 64.8 Å². The molecular formula is C21H21N5O2S2. The Balaban J connectivity index is 1.65. The van der Waals surface area contributed by atoms with E-state index in [4.69, 9.17) is 10.00 Å². The highest BCUT2D eigenvalue weighted by Crippen LogP contribution is 2.25. The molecule has 0 saturated heterocycles. The van der Waals surface area contributed by atoms with E-state index in [2.05, 4.69) is 28.2 Å². The molecule has 1 amide bonds. The first kappa shape index (κ1) is 21.6. The average molecular weight is 440 g/mol. The van der Waals surface area contributed by atoms with Gasteiger partial charge in [-0.15, -0.1) is 28.1 Å². The number of aryl methyl sites for hydroxylation is 1. The van der Waals surface area contributed by atoms with Crippen LogP contribution in [0.25, 0.3) is 0 Å². The summed E-state index contributed by atoms with van der Waals surface area (Å²) in [6, 6.07) is 9.66. The maximum atomic E-state index is 12.3. The van der Waals surface area contributed by atoms with Crippen molar-refractivity contribution in [2.45, 2.75) is 32.2 Å². The van der Waals surface area contributed by atoms with Crippen LogP contribution in [0, 0.1) is 25.2 Å². The van der Waals surface area contributed by atoms with Crippen molar-refractivity contribution in [1.29, 1.82) is 5.26 Å². The van der Waals surface area contributed by atoms with Gasteiger partial charge < -0.3 is 10.1 Å². The van der Waals surface area contributed by atoms with Gasteiger partial charge in [0.2, 0.25) is 5.91 Å². The van der Waals surface area contributed by atoms with Crippen LogP contribution in [0.2, 0.25) is 0 Å². The summed E-state index contributed by atoms with van der Waals surface area (Å²) in [6.45, 7) is 8.62. The standard InChI is InChI=1S/C21H21N5O2S2/c1-4-9-26-18(12-28-17-7-5-6-14(2)15(17)3)24-25-21(26)30-13-19(27)23-20-16(11-22)8-10-29-20/h4-8,10H,1,9,12-13H2,2-3H3,(H,23,27). The number of nitriles is 1. The minimum atomic E-state index is -0.208. The molecule has 154 valence electrons.